The standard InChI is InChI=1S/C21H17F3N2O5S/c1-30-16-10-12(2-7-15(16)31-20(23)24)11-17-19(28)26(21(29)32-17)9-8-25-18(27)13-3-5-14(22)6-4-13/h2-7,10-11,20H,8-9H2,1H3,(H,25,27)/b17-11-. The number of halogens is 3. The average molecular weight is 466 g/mol. The number of nitrogens with one attached hydrogen (secondary N) is 1. The summed E-state index contributed by atoms with van der Waals surface area (Å²) in [5.74, 6) is -1.61. The van der Waals surface area contributed by atoms with Crippen molar-refractivity contribution in [2.24, 2.45) is 0 Å². The first kappa shape index (κ1) is 23.2. The van der Waals surface area contributed by atoms with Crippen molar-refractivity contribution in [2.75, 3.05) is 20.2 Å². The predicted molar refractivity (Wildman–Crippen MR) is 111 cm³/mol. The second kappa shape index (κ2) is 10.2. The molecule has 0 atom stereocenters. The predicted octanol–water partition coefficient (Wildman–Crippen LogP) is 3.90. The number of nitrogens with zero attached hydrogens (tertiary/aromatic N) is 1. The zero-order chi connectivity index (χ0) is 23.3. The molecule has 1 aliphatic rings. The molecule has 0 radical (unpaired) electrons. The molecule has 1 N–H and O–H groups in total. The lowest BCUT2D eigenvalue weighted by Crippen LogP contribution is -2.37. The van der Waals surface area contributed by atoms with Crippen LogP contribution >= 0.6 is 11.8 Å². The maximum atomic E-state index is 12.9. The van der Waals surface area contributed by atoms with Crippen LogP contribution in [0.4, 0.5) is 18.0 Å². The van der Waals surface area contributed by atoms with Gasteiger partial charge in [0, 0.05) is 18.7 Å². The van der Waals surface area contributed by atoms with Gasteiger partial charge >= 0.3 is 6.61 Å². The van der Waals surface area contributed by atoms with E-state index in [1.54, 1.807) is 0 Å². The normalized spacial score (nSPS) is 14.9. The molecule has 1 aliphatic heterocycles. The van der Waals surface area contributed by atoms with Gasteiger partial charge in [-0.15, -0.1) is 0 Å². The van der Waals surface area contributed by atoms with Crippen LogP contribution in [0.3, 0.4) is 0 Å². The Morgan fingerprint density at radius 1 is 1.16 bits per heavy atom. The van der Waals surface area contributed by atoms with Gasteiger partial charge in [-0.3, -0.25) is 19.3 Å². The molecule has 7 nitrogen and oxygen atoms in total. The van der Waals surface area contributed by atoms with Crippen molar-refractivity contribution in [3.8, 4) is 11.5 Å². The number of hydrogen-bond acceptors (Lipinski definition) is 6. The van der Waals surface area contributed by atoms with E-state index in [0.717, 1.165) is 17.0 Å². The van der Waals surface area contributed by atoms with Crippen LogP contribution < -0.4 is 14.8 Å². The quantitative estimate of drug-likeness (QED) is 0.594. The van der Waals surface area contributed by atoms with Crippen LogP contribution in [-0.2, 0) is 4.79 Å². The van der Waals surface area contributed by atoms with Crippen molar-refractivity contribution in [3.63, 3.8) is 0 Å². The molecule has 3 amide bonds. The smallest absolute Gasteiger partial charge is 0.387 e. The van der Waals surface area contributed by atoms with E-state index in [9.17, 15) is 27.6 Å². The molecule has 1 heterocycles. The van der Waals surface area contributed by atoms with Crippen LogP contribution in [0.2, 0.25) is 0 Å². The van der Waals surface area contributed by atoms with E-state index in [1.807, 2.05) is 0 Å². The fourth-order valence-corrected chi connectivity index (χ4v) is 3.66. The Morgan fingerprint density at radius 2 is 1.88 bits per heavy atom. The second-order valence-corrected chi connectivity index (χ2v) is 7.38. The molecule has 0 aromatic heterocycles. The Bertz CT molecular complexity index is 1060. The number of thioether (sulfide) groups is 1. The van der Waals surface area contributed by atoms with Gasteiger partial charge in [-0.05, 0) is 59.8 Å². The monoisotopic (exact) mass is 466 g/mol. The lowest BCUT2D eigenvalue weighted by atomic mass is 10.2. The summed E-state index contributed by atoms with van der Waals surface area (Å²) in [6, 6.07) is 9.05. The highest BCUT2D eigenvalue weighted by Gasteiger charge is 2.34. The molecule has 32 heavy (non-hydrogen) atoms. The zero-order valence-corrected chi connectivity index (χ0v) is 17.5. The number of methoxy groups -OCH3 is 1. The summed E-state index contributed by atoms with van der Waals surface area (Å²) < 4.78 is 47.2. The van der Waals surface area contributed by atoms with Crippen LogP contribution in [0.15, 0.2) is 47.4 Å². The van der Waals surface area contributed by atoms with Gasteiger partial charge in [0.2, 0.25) is 0 Å². The van der Waals surface area contributed by atoms with E-state index in [0.29, 0.717) is 17.3 Å². The second-order valence-electron chi connectivity index (χ2n) is 6.38. The number of hydrogen-bond donors (Lipinski definition) is 1. The molecule has 168 valence electrons. The number of benzene rings is 2. The Balaban J connectivity index is 1.63. The highest BCUT2D eigenvalue weighted by Crippen LogP contribution is 2.34. The van der Waals surface area contributed by atoms with Gasteiger partial charge in [0.05, 0.1) is 12.0 Å². The maximum Gasteiger partial charge on any atom is 0.387 e. The first-order valence-electron chi connectivity index (χ1n) is 9.20. The van der Waals surface area contributed by atoms with Gasteiger partial charge in [-0.1, -0.05) is 6.07 Å². The van der Waals surface area contributed by atoms with Crippen molar-refractivity contribution in [2.45, 2.75) is 6.61 Å². The van der Waals surface area contributed by atoms with E-state index in [-0.39, 0.29) is 35.1 Å². The summed E-state index contributed by atoms with van der Waals surface area (Å²) in [5, 5.41) is 2.05. The summed E-state index contributed by atoms with van der Waals surface area (Å²) in [4.78, 5) is 37.9. The lowest BCUT2D eigenvalue weighted by molar-refractivity contribution is -0.122. The molecular formula is C21H17F3N2O5S. The molecule has 2 aromatic carbocycles. The van der Waals surface area contributed by atoms with Crippen LogP contribution in [0.25, 0.3) is 6.08 Å². The Morgan fingerprint density at radius 3 is 2.53 bits per heavy atom. The fraction of sp³-hybridized carbons (Fsp3) is 0.190. The maximum absolute atomic E-state index is 12.9. The Kier molecular flexibility index (Phi) is 7.41. The SMILES string of the molecule is COc1cc(/C=C2\SC(=O)N(CCNC(=O)c3ccc(F)cc3)C2=O)ccc1OC(F)F. The van der Waals surface area contributed by atoms with Crippen molar-refractivity contribution >= 4 is 34.9 Å². The van der Waals surface area contributed by atoms with E-state index in [2.05, 4.69) is 10.1 Å². The summed E-state index contributed by atoms with van der Waals surface area (Å²) >= 11 is 0.714. The van der Waals surface area contributed by atoms with Gasteiger partial charge in [0.15, 0.2) is 11.5 Å². The fourth-order valence-electron chi connectivity index (χ4n) is 2.80. The van der Waals surface area contributed by atoms with Crippen molar-refractivity contribution in [1.82, 2.24) is 10.2 Å². The van der Waals surface area contributed by atoms with Gasteiger partial charge < -0.3 is 14.8 Å². The summed E-state index contributed by atoms with van der Waals surface area (Å²) in [6.45, 7) is -3.07. The van der Waals surface area contributed by atoms with Crippen LogP contribution in [0.1, 0.15) is 15.9 Å². The lowest BCUT2D eigenvalue weighted by Gasteiger charge is -2.13. The van der Waals surface area contributed by atoms with Gasteiger partial charge in [-0.25, -0.2) is 4.39 Å². The van der Waals surface area contributed by atoms with Gasteiger partial charge in [-0.2, -0.15) is 8.78 Å². The van der Waals surface area contributed by atoms with Gasteiger partial charge in [0.1, 0.15) is 5.82 Å². The number of alkyl halides is 2. The largest absolute Gasteiger partial charge is 0.493 e. The van der Waals surface area contributed by atoms with Gasteiger partial charge in [0.25, 0.3) is 17.1 Å². The minimum atomic E-state index is -3.02. The first-order chi connectivity index (χ1) is 15.3. The molecule has 0 spiro atoms. The first-order valence-corrected chi connectivity index (χ1v) is 10.0. The van der Waals surface area contributed by atoms with E-state index in [1.165, 1.54) is 43.5 Å². The molecule has 1 fully saturated rings. The van der Waals surface area contributed by atoms with Crippen molar-refractivity contribution < 1.29 is 37.0 Å². The number of rotatable bonds is 8. The highest BCUT2D eigenvalue weighted by molar-refractivity contribution is 8.18. The van der Waals surface area contributed by atoms with Crippen LogP contribution in [0, 0.1) is 5.82 Å². The molecular weight excluding hydrogens is 449 g/mol. The molecule has 11 heteroatoms. The zero-order valence-electron chi connectivity index (χ0n) is 16.6. The number of carbonyl (C=O) groups excluding carboxylic acids is 3. The summed E-state index contributed by atoms with van der Waals surface area (Å²) in [6.07, 6.45) is 1.43. The third-order valence-corrected chi connectivity index (χ3v) is 5.21. The highest BCUT2D eigenvalue weighted by atomic mass is 32.2. The van der Waals surface area contributed by atoms with E-state index < -0.39 is 29.5 Å². The van der Waals surface area contributed by atoms with Crippen LogP contribution in [-0.4, -0.2) is 48.8 Å². The van der Waals surface area contributed by atoms with E-state index >= 15 is 0 Å². The third-order valence-electron chi connectivity index (χ3n) is 4.30. The number of imide groups is 1. The number of ether oxygens (including phenoxy) is 2. The van der Waals surface area contributed by atoms with Crippen LogP contribution in [0.5, 0.6) is 11.5 Å². The minimum Gasteiger partial charge on any atom is -0.493 e. The molecule has 1 saturated heterocycles. The summed E-state index contributed by atoms with van der Waals surface area (Å²) in [5.41, 5.74) is 0.687. The van der Waals surface area contributed by atoms with Crippen molar-refractivity contribution in [1.29, 1.82) is 0 Å². The van der Waals surface area contributed by atoms with E-state index in [4.69, 9.17) is 4.74 Å². The number of amides is 3. The molecule has 0 aliphatic carbocycles. The Hall–Kier alpha value is -3.47. The molecule has 0 unspecified atom stereocenters. The molecule has 2 aromatic rings. The minimum absolute atomic E-state index is 0.00895. The topological polar surface area (TPSA) is 84.9 Å². The molecule has 3 rings (SSSR count). The molecule has 0 saturated carbocycles. The molecule has 0 bridgehead atoms. The number of carbonyl (C=O) groups is 3. The van der Waals surface area contributed by atoms with Crippen molar-refractivity contribution in [3.05, 3.63) is 64.3 Å². The third kappa shape index (κ3) is 5.61. The summed E-state index contributed by atoms with van der Waals surface area (Å²) in [7, 11) is 1.28. The Labute approximate surface area is 185 Å². The average Bonchev–Trinajstić information content (AvgIpc) is 3.02.